The van der Waals surface area contributed by atoms with E-state index in [1.807, 2.05) is 6.92 Å². The molecule has 0 fully saturated rings. The third kappa shape index (κ3) is 6.53. The lowest BCUT2D eigenvalue weighted by Gasteiger charge is -2.24. The fraction of sp³-hybridized carbons (Fsp3) is 0.588. The van der Waals surface area contributed by atoms with Crippen molar-refractivity contribution >= 4 is 17.7 Å². The van der Waals surface area contributed by atoms with Crippen LogP contribution in [0.1, 0.15) is 51.6 Å². The van der Waals surface area contributed by atoms with E-state index in [1.54, 1.807) is 11.8 Å². The second-order valence-corrected chi connectivity index (χ2v) is 7.14. The quantitative estimate of drug-likeness (QED) is 0.719. The molecule has 21 heavy (non-hydrogen) atoms. The third-order valence-corrected chi connectivity index (χ3v) is 4.59. The lowest BCUT2D eigenvalue weighted by molar-refractivity contribution is -0.122. The van der Waals surface area contributed by atoms with Crippen LogP contribution in [0, 0.1) is 5.41 Å². The zero-order valence-electron chi connectivity index (χ0n) is 13.6. The summed E-state index contributed by atoms with van der Waals surface area (Å²) in [4.78, 5) is 13.3. The first-order valence-corrected chi connectivity index (χ1v) is 8.74. The van der Waals surface area contributed by atoms with E-state index < -0.39 is 0 Å². The molecule has 1 unspecified atom stereocenters. The Kier molecular flexibility index (Phi) is 7.26. The van der Waals surface area contributed by atoms with Gasteiger partial charge >= 0.3 is 0 Å². The molecule has 1 aromatic carbocycles. The van der Waals surface area contributed by atoms with Gasteiger partial charge in [0.05, 0.1) is 6.04 Å². The zero-order chi connectivity index (χ0) is 15.9. The SMILES string of the molecule is CSc1ccc(C(C)NC(=O)CCC(C)(C)CCN)cc1. The van der Waals surface area contributed by atoms with Gasteiger partial charge in [-0.3, -0.25) is 4.79 Å². The van der Waals surface area contributed by atoms with Gasteiger partial charge in [-0.2, -0.15) is 0 Å². The maximum absolute atomic E-state index is 12.1. The van der Waals surface area contributed by atoms with Crippen molar-refractivity contribution in [3.05, 3.63) is 29.8 Å². The minimum Gasteiger partial charge on any atom is -0.350 e. The molecule has 1 amide bonds. The summed E-state index contributed by atoms with van der Waals surface area (Å²) in [5, 5.41) is 3.07. The number of hydrogen-bond acceptors (Lipinski definition) is 3. The molecule has 1 atom stereocenters. The molecule has 0 bridgehead atoms. The van der Waals surface area contributed by atoms with Gasteiger partial charge in [-0.05, 0) is 55.7 Å². The Labute approximate surface area is 133 Å². The van der Waals surface area contributed by atoms with E-state index in [0.29, 0.717) is 13.0 Å². The van der Waals surface area contributed by atoms with Crippen LogP contribution in [0.2, 0.25) is 0 Å². The fourth-order valence-electron chi connectivity index (χ4n) is 2.26. The average molecular weight is 308 g/mol. The first-order valence-electron chi connectivity index (χ1n) is 7.51. The Hall–Kier alpha value is -1.00. The number of rotatable bonds is 8. The van der Waals surface area contributed by atoms with E-state index in [0.717, 1.165) is 18.4 Å². The lowest BCUT2D eigenvalue weighted by atomic mass is 9.84. The molecular formula is C17H28N2OS. The first-order chi connectivity index (χ1) is 9.88. The van der Waals surface area contributed by atoms with E-state index in [2.05, 4.69) is 49.7 Å². The summed E-state index contributed by atoms with van der Waals surface area (Å²) in [5.74, 6) is 0.113. The Morgan fingerprint density at radius 3 is 2.43 bits per heavy atom. The molecule has 0 saturated heterocycles. The Bertz CT molecular complexity index is 443. The highest BCUT2D eigenvalue weighted by molar-refractivity contribution is 7.98. The molecule has 0 saturated carbocycles. The molecule has 0 radical (unpaired) electrons. The standard InChI is InChI=1S/C17H28N2OS/c1-13(14-5-7-15(21-4)8-6-14)19-16(20)9-10-17(2,3)11-12-18/h5-8,13H,9-12,18H2,1-4H3,(H,19,20). The van der Waals surface area contributed by atoms with Crippen LogP contribution in [-0.4, -0.2) is 18.7 Å². The number of hydrogen-bond donors (Lipinski definition) is 2. The molecule has 3 nitrogen and oxygen atoms in total. The highest BCUT2D eigenvalue weighted by atomic mass is 32.2. The molecule has 1 aromatic rings. The monoisotopic (exact) mass is 308 g/mol. The summed E-state index contributed by atoms with van der Waals surface area (Å²) in [5.41, 5.74) is 6.87. The van der Waals surface area contributed by atoms with Gasteiger partial charge in [-0.25, -0.2) is 0 Å². The molecule has 0 aliphatic carbocycles. The Morgan fingerprint density at radius 2 is 1.90 bits per heavy atom. The third-order valence-electron chi connectivity index (χ3n) is 3.84. The summed E-state index contributed by atoms with van der Waals surface area (Å²) < 4.78 is 0. The molecule has 0 heterocycles. The molecule has 0 aliphatic rings. The molecule has 0 aliphatic heterocycles. The van der Waals surface area contributed by atoms with Crippen LogP contribution in [0.5, 0.6) is 0 Å². The minimum absolute atomic E-state index is 0.0472. The van der Waals surface area contributed by atoms with Crippen LogP contribution in [0.15, 0.2) is 29.2 Å². The van der Waals surface area contributed by atoms with Crippen molar-refractivity contribution in [1.29, 1.82) is 0 Å². The summed E-state index contributed by atoms with van der Waals surface area (Å²) in [6.07, 6.45) is 4.43. The summed E-state index contributed by atoms with van der Waals surface area (Å²) in [6.45, 7) is 7.03. The summed E-state index contributed by atoms with van der Waals surface area (Å²) in [7, 11) is 0. The highest BCUT2D eigenvalue weighted by Gasteiger charge is 2.19. The smallest absolute Gasteiger partial charge is 0.220 e. The second-order valence-electron chi connectivity index (χ2n) is 6.27. The van der Waals surface area contributed by atoms with Gasteiger partial charge in [0, 0.05) is 11.3 Å². The minimum atomic E-state index is 0.0472. The summed E-state index contributed by atoms with van der Waals surface area (Å²) >= 11 is 1.72. The van der Waals surface area contributed by atoms with Crippen molar-refractivity contribution in [3.63, 3.8) is 0 Å². The zero-order valence-corrected chi connectivity index (χ0v) is 14.4. The van der Waals surface area contributed by atoms with Crippen molar-refractivity contribution in [2.45, 2.75) is 51.0 Å². The van der Waals surface area contributed by atoms with Gasteiger partial charge in [-0.1, -0.05) is 26.0 Å². The molecule has 0 spiro atoms. The Morgan fingerprint density at radius 1 is 1.29 bits per heavy atom. The van der Waals surface area contributed by atoms with Crippen molar-refractivity contribution in [2.75, 3.05) is 12.8 Å². The topological polar surface area (TPSA) is 55.1 Å². The van der Waals surface area contributed by atoms with Crippen molar-refractivity contribution in [1.82, 2.24) is 5.32 Å². The highest BCUT2D eigenvalue weighted by Crippen LogP contribution is 2.26. The molecule has 0 aromatic heterocycles. The van der Waals surface area contributed by atoms with Crippen molar-refractivity contribution in [3.8, 4) is 0 Å². The van der Waals surface area contributed by atoms with E-state index in [4.69, 9.17) is 5.73 Å². The first kappa shape index (κ1) is 18.1. The van der Waals surface area contributed by atoms with Crippen LogP contribution in [0.25, 0.3) is 0 Å². The molecule has 3 N–H and O–H groups in total. The number of nitrogens with one attached hydrogen (secondary N) is 1. The van der Waals surface area contributed by atoms with E-state index in [1.165, 1.54) is 4.90 Å². The number of benzene rings is 1. The molecule has 4 heteroatoms. The van der Waals surface area contributed by atoms with Crippen LogP contribution >= 0.6 is 11.8 Å². The van der Waals surface area contributed by atoms with Crippen LogP contribution in [-0.2, 0) is 4.79 Å². The van der Waals surface area contributed by atoms with E-state index >= 15 is 0 Å². The van der Waals surface area contributed by atoms with Crippen molar-refractivity contribution in [2.24, 2.45) is 11.1 Å². The van der Waals surface area contributed by atoms with Gasteiger partial charge in [0.2, 0.25) is 5.91 Å². The number of nitrogens with two attached hydrogens (primary N) is 1. The van der Waals surface area contributed by atoms with Crippen LogP contribution in [0.4, 0.5) is 0 Å². The predicted molar refractivity (Wildman–Crippen MR) is 91.5 cm³/mol. The number of thioether (sulfide) groups is 1. The number of carbonyl (C=O) groups is 1. The number of carbonyl (C=O) groups excluding carboxylic acids is 1. The van der Waals surface area contributed by atoms with Crippen LogP contribution in [0.3, 0.4) is 0 Å². The Balaban J connectivity index is 2.46. The van der Waals surface area contributed by atoms with Gasteiger partial charge in [0.15, 0.2) is 0 Å². The average Bonchev–Trinajstić information content (AvgIpc) is 2.45. The fourth-order valence-corrected chi connectivity index (χ4v) is 2.67. The molecular weight excluding hydrogens is 280 g/mol. The largest absolute Gasteiger partial charge is 0.350 e. The predicted octanol–water partition coefficient (Wildman–Crippen LogP) is 3.74. The maximum atomic E-state index is 12.1. The normalized spacial score (nSPS) is 13.0. The maximum Gasteiger partial charge on any atom is 0.220 e. The van der Waals surface area contributed by atoms with E-state index in [-0.39, 0.29) is 17.4 Å². The van der Waals surface area contributed by atoms with Gasteiger partial charge in [0.25, 0.3) is 0 Å². The lowest BCUT2D eigenvalue weighted by Crippen LogP contribution is -2.28. The van der Waals surface area contributed by atoms with E-state index in [9.17, 15) is 4.79 Å². The number of amides is 1. The summed E-state index contributed by atoms with van der Waals surface area (Å²) in [6, 6.07) is 8.38. The molecule has 118 valence electrons. The van der Waals surface area contributed by atoms with Crippen LogP contribution < -0.4 is 11.1 Å². The van der Waals surface area contributed by atoms with Gasteiger partial charge in [-0.15, -0.1) is 11.8 Å². The molecule has 1 rings (SSSR count). The van der Waals surface area contributed by atoms with Crippen molar-refractivity contribution < 1.29 is 4.79 Å². The van der Waals surface area contributed by atoms with Gasteiger partial charge < -0.3 is 11.1 Å². The van der Waals surface area contributed by atoms with Gasteiger partial charge in [0.1, 0.15) is 0 Å². The second kappa shape index (κ2) is 8.44.